The van der Waals surface area contributed by atoms with Crippen LogP contribution in [0, 0.1) is 0 Å². The highest BCUT2D eigenvalue weighted by Gasteiger charge is 2.08. The van der Waals surface area contributed by atoms with Crippen molar-refractivity contribution in [2.45, 2.75) is 6.54 Å². The van der Waals surface area contributed by atoms with Gasteiger partial charge in [0.05, 0.1) is 19.3 Å². The molecule has 1 heterocycles. The number of methoxy groups -OCH3 is 1. The second-order valence-corrected chi connectivity index (χ2v) is 5.96. The van der Waals surface area contributed by atoms with Crippen molar-refractivity contribution >= 4 is 15.9 Å². The Labute approximate surface area is 142 Å². The third-order valence-electron chi connectivity index (χ3n) is 3.50. The zero-order chi connectivity index (χ0) is 16.2. The van der Waals surface area contributed by atoms with Crippen LogP contribution in [0.3, 0.4) is 0 Å². The summed E-state index contributed by atoms with van der Waals surface area (Å²) in [5.41, 5.74) is 2.45. The number of ether oxygens (including phenoxy) is 1. The van der Waals surface area contributed by atoms with Gasteiger partial charge in [0, 0.05) is 16.1 Å². The quantitative estimate of drug-likeness (QED) is 0.702. The summed E-state index contributed by atoms with van der Waals surface area (Å²) in [4.78, 5) is 12.1. The number of aromatic nitrogens is 2. The van der Waals surface area contributed by atoms with Gasteiger partial charge in [-0.15, -0.1) is 0 Å². The minimum Gasteiger partial charge on any atom is -0.496 e. The predicted molar refractivity (Wildman–Crippen MR) is 93.7 cm³/mol. The lowest BCUT2D eigenvalue weighted by Gasteiger charge is -2.10. The lowest BCUT2D eigenvalue weighted by Crippen LogP contribution is -2.22. The van der Waals surface area contributed by atoms with Gasteiger partial charge in [-0.3, -0.25) is 4.79 Å². The average Bonchev–Trinajstić information content (AvgIpc) is 2.59. The number of nitrogens with zero attached hydrogens (tertiary/aromatic N) is 2. The molecule has 0 unspecified atom stereocenters. The first-order chi connectivity index (χ1) is 11.2. The van der Waals surface area contributed by atoms with Gasteiger partial charge in [0.2, 0.25) is 0 Å². The van der Waals surface area contributed by atoms with Crippen molar-refractivity contribution in [3.8, 4) is 17.0 Å². The van der Waals surface area contributed by atoms with Crippen LogP contribution in [0.1, 0.15) is 5.56 Å². The maximum Gasteiger partial charge on any atom is 0.267 e. The van der Waals surface area contributed by atoms with E-state index < -0.39 is 0 Å². The SMILES string of the molecule is COc1ccccc1-c1ccc(=O)n(Cc2ccc(Br)cc2)n1. The van der Waals surface area contributed by atoms with Crippen LogP contribution in [0.25, 0.3) is 11.3 Å². The van der Waals surface area contributed by atoms with Gasteiger partial charge in [-0.1, -0.05) is 40.2 Å². The molecule has 0 aliphatic carbocycles. The van der Waals surface area contributed by atoms with E-state index in [9.17, 15) is 4.79 Å². The monoisotopic (exact) mass is 370 g/mol. The van der Waals surface area contributed by atoms with Gasteiger partial charge >= 0.3 is 0 Å². The molecule has 3 aromatic rings. The van der Waals surface area contributed by atoms with E-state index in [2.05, 4.69) is 21.0 Å². The Kier molecular flexibility index (Phi) is 4.57. The maximum absolute atomic E-state index is 12.1. The molecule has 0 saturated heterocycles. The Hall–Kier alpha value is -2.40. The Bertz CT molecular complexity index is 873. The summed E-state index contributed by atoms with van der Waals surface area (Å²) in [5.74, 6) is 0.730. The van der Waals surface area contributed by atoms with Gasteiger partial charge in [0.1, 0.15) is 5.75 Å². The molecule has 0 N–H and O–H groups in total. The molecule has 1 aromatic heterocycles. The highest BCUT2D eigenvalue weighted by molar-refractivity contribution is 9.10. The average molecular weight is 371 g/mol. The zero-order valence-electron chi connectivity index (χ0n) is 12.6. The Morgan fingerprint density at radius 3 is 2.52 bits per heavy atom. The molecule has 0 saturated carbocycles. The van der Waals surface area contributed by atoms with Crippen molar-refractivity contribution in [3.05, 3.63) is 81.1 Å². The molecule has 0 bridgehead atoms. The van der Waals surface area contributed by atoms with Crippen molar-refractivity contribution in [3.63, 3.8) is 0 Å². The van der Waals surface area contributed by atoms with Crippen LogP contribution >= 0.6 is 15.9 Å². The van der Waals surface area contributed by atoms with Gasteiger partial charge in [-0.05, 0) is 35.9 Å². The highest BCUT2D eigenvalue weighted by Crippen LogP contribution is 2.27. The predicted octanol–water partition coefficient (Wildman–Crippen LogP) is 3.73. The molecule has 0 fully saturated rings. The molecule has 4 nitrogen and oxygen atoms in total. The van der Waals surface area contributed by atoms with E-state index in [0.717, 1.165) is 21.3 Å². The molecule has 0 aliphatic rings. The van der Waals surface area contributed by atoms with Crippen LogP contribution in [-0.4, -0.2) is 16.9 Å². The van der Waals surface area contributed by atoms with Crippen molar-refractivity contribution < 1.29 is 4.74 Å². The lowest BCUT2D eigenvalue weighted by atomic mass is 10.1. The van der Waals surface area contributed by atoms with Crippen LogP contribution < -0.4 is 10.3 Å². The molecule has 0 spiro atoms. The molecular weight excluding hydrogens is 356 g/mol. The number of benzene rings is 2. The van der Waals surface area contributed by atoms with Crippen molar-refractivity contribution in [2.75, 3.05) is 7.11 Å². The number of rotatable bonds is 4. The number of hydrogen-bond donors (Lipinski definition) is 0. The second kappa shape index (κ2) is 6.79. The van der Waals surface area contributed by atoms with E-state index in [1.54, 1.807) is 13.2 Å². The van der Waals surface area contributed by atoms with Crippen LogP contribution in [0.5, 0.6) is 5.75 Å². The molecule has 3 rings (SSSR count). The number of halogens is 1. The molecular formula is C18H15BrN2O2. The number of hydrogen-bond acceptors (Lipinski definition) is 3. The van der Waals surface area contributed by atoms with Crippen LogP contribution in [-0.2, 0) is 6.54 Å². The largest absolute Gasteiger partial charge is 0.496 e. The molecule has 0 radical (unpaired) electrons. The minimum absolute atomic E-state index is 0.133. The van der Waals surface area contributed by atoms with E-state index in [1.165, 1.54) is 10.7 Å². The van der Waals surface area contributed by atoms with Crippen LogP contribution in [0.15, 0.2) is 69.9 Å². The third kappa shape index (κ3) is 3.51. The zero-order valence-corrected chi connectivity index (χ0v) is 14.2. The standard InChI is InChI=1S/C18H15BrN2O2/c1-23-17-5-3-2-4-15(17)16-10-11-18(22)21(20-16)12-13-6-8-14(19)9-7-13/h2-11H,12H2,1H3. The van der Waals surface area contributed by atoms with Crippen LogP contribution in [0.2, 0.25) is 0 Å². The number of para-hydroxylation sites is 1. The van der Waals surface area contributed by atoms with E-state index in [-0.39, 0.29) is 5.56 Å². The maximum atomic E-state index is 12.1. The Morgan fingerprint density at radius 1 is 1.04 bits per heavy atom. The third-order valence-corrected chi connectivity index (χ3v) is 4.02. The van der Waals surface area contributed by atoms with Gasteiger partial charge in [-0.25, -0.2) is 4.68 Å². The van der Waals surface area contributed by atoms with Crippen molar-refractivity contribution in [1.82, 2.24) is 9.78 Å². The smallest absolute Gasteiger partial charge is 0.267 e. The summed E-state index contributed by atoms with van der Waals surface area (Å²) in [6, 6.07) is 18.7. The van der Waals surface area contributed by atoms with Gasteiger partial charge in [0.25, 0.3) is 5.56 Å². The minimum atomic E-state index is -0.133. The highest BCUT2D eigenvalue weighted by atomic mass is 79.9. The summed E-state index contributed by atoms with van der Waals surface area (Å²) >= 11 is 3.41. The Morgan fingerprint density at radius 2 is 1.78 bits per heavy atom. The van der Waals surface area contributed by atoms with Gasteiger partial charge in [-0.2, -0.15) is 5.10 Å². The first-order valence-electron chi connectivity index (χ1n) is 7.13. The Balaban J connectivity index is 1.99. The fraction of sp³-hybridized carbons (Fsp3) is 0.111. The summed E-state index contributed by atoms with van der Waals surface area (Å²) < 4.78 is 7.84. The fourth-order valence-corrected chi connectivity index (χ4v) is 2.59. The van der Waals surface area contributed by atoms with Crippen molar-refractivity contribution in [2.24, 2.45) is 0 Å². The lowest BCUT2D eigenvalue weighted by molar-refractivity contribution is 0.416. The molecule has 5 heteroatoms. The fourth-order valence-electron chi connectivity index (χ4n) is 2.32. The first kappa shape index (κ1) is 15.5. The summed E-state index contributed by atoms with van der Waals surface area (Å²) in [7, 11) is 1.62. The first-order valence-corrected chi connectivity index (χ1v) is 7.92. The summed E-state index contributed by atoms with van der Waals surface area (Å²) in [6.45, 7) is 0.426. The molecule has 0 aliphatic heterocycles. The van der Waals surface area contributed by atoms with E-state index in [1.807, 2.05) is 48.5 Å². The molecule has 2 aromatic carbocycles. The molecule has 23 heavy (non-hydrogen) atoms. The second-order valence-electron chi connectivity index (χ2n) is 5.04. The molecule has 0 atom stereocenters. The van der Waals surface area contributed by atoms with Gasteiger partial charge in [0.15, 0.2) is 0 Å². The van der Waals surface area contributed by atoms with Gasteiger partial charge < -0.3 is 4.74 Å². The van der Waals surface area contributed by atoms with Crippen LogP contribution in [0.4, 0.5) is 0 Å². The molecule has 0 amide bonds. The normalized spacial score (nSPS) is 10.5. The topological polar surface area (TPSA) is 44.1 Å². The summed E-state index contributed by atoms with van der Waals surface area (Å²) in [5, 5.41) is 4.48. The molecule has 116 valence electrons. The van der Waals surface area contributed by atoms with E-state index in [4.69, 9.17) is 4.74 Å². The summed E-state index contributed by atoms with van der Waals surface area (Å²) in [6.07, 6.45) is 0. The van der Waals surface area contributed by atoms with E-state index >= 15 is 0 Å². The van der Waals surface area contributed by atoms with E-state index in [0.29, 0.717) is 12.2 Å². The van der Waals surface area contributed by atoms with Crippen molar-refractivity contribution in [1.29, 1.82) is 0 Å².